The quantitative estimate of drug-likeness (QED) is 0.547. The Bertz CT molecular complexity index is 233. The topological polar surface area (TPSA) is 94.1 Å². The number of amides is 1. The molecule has 0 aliphatic carbocycles. The fraction of sp³-hybridized carbons (Fsp3) is 0.200. The number of azo groups is 1. The summed E-state index contributed by atoms with van der Waals surface area (Å²) in [6, 6.07) is 0. The second kappa shape index (κ2) is 2.49. The summed E-state index contributed by atoms with van der Waals surface area (Å²) in [7, 11) is 0. The highest BCUT2D eigenvalue weighted by atomic mass is 16.6. The van der Waals surface area contributed by atoms with Crippen LogP contribution >= 0.6 is 0 Å². The molecule has 6 nitrogen and oxygen atoms in total. The van der Waals surface area contributed by atoms with Crippen LogP contribution in [0.5, 0.6) is 0 Å². The summed E-state index contributed by atoms with van der Waals surface area (Å²) in [5.74, 6) is -0.873. The Hall–Kier alpha value is -1.72. The maximum absolute atomic E-state index is 10.6. The number of primary amides is 1. The zero-order valence-electron chi connectivity index (χ0n) is 5.43. The van der Waals surface area contributed by atoms with Crippen molar-refractivity contribution in [3.05, 3.63) is 12.3 Å². The van der Waals surface area contributed by atoms with E-state index in [1.165, 1.54) is 12.3 Å². The largest absolute Gasteiger partial charge is 0.424 e. The van der Waals surface area contributed by atoms with Gasteiger partial charge in [0.25, 0.3) is 12.4 Å². The van der Waals surface area contributed by atoms with Gasteiger partial charge in [0.2, 0.25) is 0 Å². The highest BCUT2D eigenvalue weighted by Gasteiger charge is 2.38. The van der Waals surface area contributed by atoms with Gasteiger partial charge in [0.1, 0.15) is 0 Å². The third kappa shape index (κ3) is 1.09. The van der Waals surface area contributed by atoms with E-state index in [0.717, 1.165) is 0 Å². The second-order valence-corrected chi connectivity index (χ2v) is 1.81. The van der Waals surface area contributed by atoms with Crippen LogP contribution in [-0.4, -0.2) is 18.1 Å². The summed E-state index contributed by atoms with van der Waals surface area (Å²) in [5, 5.41) is 6.68. The molecule has 0 bridgehead atoms. The molecule has 58 valence electrons. The minimum absolute atomic E-state index is 0.0967. The highest BCUT2D eigenvalue weighted by Crippen LogP contribution is 2.19. The molecular formula is C5H5N3O3. The van der Waals surface area contributed by atoms with Crippen LogP contribution in [0.2, 0.25) is 0 Å². The molecule has 0 saturated heterocycles. The molecule has 1 amide bonds. The van der Waals surface area contributed by atoms with Gasteiger partial charge in [-0.05, 0) is 0 Å². The van der Waals surface area contributed by atoms with Crippen LogP contribution in [0.25, 0.3) is 0 Å². The summed E-state index contributed by atoms with van der Waals surface area (Å²) >= 11 is 0. The molecule has 0 saturated carbocycles. The van der Waals surface area contributed by atoms with E-state index < -0.39 is 11.6 Å². The van der Waals surface area contributed by atoms with Gasteiger partial charge >= 0.3 is 5.72 Å². The lowest BCUT2D eigenvalue weighted by atomic mass is 10.2. The van der Waals surface area contributed by atoms with Crippen LogP contribution in [0.4, 0.5) is 0 Å². The molecule has 0 radical (unpaired) electrons. The predicted octanol–water partition coefficient (Wildman–Crippen LogP) is -0.680. The average molecular weight is 155 g/mol. The molecule has 6 heteroatoms. The monoisotopic (exact) mass is 155 g/mol. The molecule has 0 aromatic carbocycles. The smallest absolute Gasteiger partial charge is 0.320 e. The van der Waals surface area contributed by atoms with Crippen molar-refractivity contribution in [2.75, 3.05) is 0 Å². The number of hydrogen-bond donors (Lipinski definition) is 1. The maximum Gasteiger partial charge on any atom is 0.320 e. The Kier molecular flexibility index (Phi) is 1.67. The van der Waals surface area contributed by atoms with Crippen LogP contribution in [0.15, 0.2) is 22.5 Å². The molecule has 0 aromatic heterocycles. The highest BCUT2D eigenvalue weighted by molar-refractivity contribution is 5.86. The first-order chi connectivity index (χ1) is 5.21. The zero-order chi connectivity index (χ0) is 8.32. The molecule has 0 spiro atoms. The van der Waals surface area contributed by atoms with Crippen molar-refractivity contribution in [3.8, 4) is 0 Å². The van der Waals surface area contributed by atoms with Crippen LogP contribution in [0.3, 0.4) is 0 Å². The standard InChI is InChI=1S/C5H5N3O3/c6-4(10)5(11-3-9)1-2-7-8-5/h1-3H,(H2,6,10). The van der Waals surface area contributed by atoms with E-state index in [2.05, 4.69) is 15.0 Å². The van der Waals surface area contributed by atoms with Crippen molar-refractivity contribution >= 4 is 12.4 Å². The van der Waals surface area contributed by atoms with Crippen LogP contribution in [-0.2, 0) is 14.3 Å². The molecule has 1 atom stereocenters. The Labute approximate surface area is 61.7 Å². The van der Waals surface area contributed by atoms with Crippen LogP contribution in [0.1, 0.15) is 0 Å². The molecule has 1 rings (SSSR count). The molecule has 2 N–H and O–H groups in total. The Balaban J connectivity index is 2.89. The number of rotatable bonds is 3. The van der Waals surface area contributed by atoms with Gasteiger partial charge in [-0.1, -0.05) is 0 Å². The van der Waals surface area contributed by atoms with Gasteiger partial charge < -0.3 is 10.5 Å². The number of nitrogens with zero attached hydrogens (tertiary/aromatic N) is 2. The van der Waals surface area contributed by atoms with Crippen LogP contribution in [0, 0.1) is 0 Å². The molecule has 0 aromatic rings. The van der Waals surface area contributed by atoms with Gasteiger partial charge in [0.15, 0.2) is 0 Å². The van der Waals surface area contributed by atoms with Crippen molar-refractivity contribution in [3.63, 3.8) is 0 Å². The van der Waals surface area contributed by atoms with Gasteiger partial charge in [-0.2, -0.15) is 5.11 Å². The van der Waals surface area contributed by atoms with Crippen molar-refractivity contribution in [2.45, 2.75) is 5.72 Å². The van der Waals surface area contributed by atoms with Crippen molar-refractivity contribution < 1.29 is 14.3 Å². The zero-order valence-corrected chi connectivity index (χ0v) is 5.43. The second-order valence-electron chi connectivity index (χ2n) is 1.81. The van der Waals surface area contributed by atoms with Gasteiger partial charge in [-0.3, -0.25) is 9.59 Å². The number of nitrogens with two attached hydrogens (primary N) is 1. The lowest BCUT2D eigenvalue weighted by Crippen LogP contribution is -2.41. The first-order valence-electron chi connectivity index (χ1n) is 2.72. The summed E-state index contributed by atoms with van der Waals surface area (Å²) in [5.41, 5.74) is 3.18. The normalized spacial score (nSPS) is 26.9. The van der Waals surface area contributed by atoms with E-state index in [4.69, 9.17) is 5.73 Å². The predicted molar refractivity (Wildman–Crippen MR) is 33.1 cm³/mol. The lowest BCUT2D eigenvalue weighted by molar-refractivity contribution is -0.150. The van der Waals surface area contributed by atoms with Gasteiger partial charge in [-0.15, -0.1) is 5.11 Å². The summed E-state index contributed by atoms with van der Waals surface area (Å²) in [6.07, 6.45) is 2.43. The van der Waals surface area contributed by atoms with E-state index in [1.807, 2.05) is 0 Å². The molecule has 1 unspecified atom stereocenters. The summed E-state index contributed by atoms with van der Waals surface area (Å²) < 4.78 is 4.35. The molecule has 11 heavy (non-hydrogen) atoms. The van der Waals surface area contributed by atoms with Gasteiger partial charge in [0.05, 0.1) is 6.20 Å². The van der Waals surface area contributed by atoms with E-state index in [-0.39, 0.29) is 6.47 Å². The SMILES string of the molecule is NC(=O)C1(OC=O)C=CN=N1. The summed E-state index contributed by atoms with van der Waals surface area (Å²) in [6.45, 7) is 0.0967. The van der Waals surface area contributed by atoms with Gasteiger partial charge in [0, 0.05) is 6.08 Å². The Morgan fingerprint density at radius 3 is 2.82 bits per heavy atom. The van der Waals surface area contributed by atoms with Crippen LogP contribution < -0.4 is 5.73 Å². The fourth-order valence-corrected chi connectivity index (χ4v) is 0.612. The van der Waals surface area contributed by atoms with E-state index in [9.17, 15) is 9.59 Å². The third-order valence-electron chi connectivity index (χ3n) is 1.15. The van der Waals surface area contributed by atoms with Crippen molar-refractivity contribution in [1.82, 2.24) is 0 Å². The van der Waals surface area contributed by atoms with E-state index in [0.29, 0.717) is 0 Å². The Morgan fingerprint density at radius 2 is 2.45 bits per heavy atom. The maximum atomic E-state index is 10.6. The molecular weight excluding hydrogens is 150 g/mol. The van der Waals surface area contributed by atoms with E-state index in [1.54, 1.807) is 0 Å². The molecule has 1 heterocycles. The lowest BCUT2D eigenvalue weighted by Gasteiger charge is -2.14. The minimum Gasteiger partial charge on any atom is -0.424 e. The number of hydrogen-bond acceptors (Lipinski definition) is 5. The molecule has 0 fully saturated rings. The summed E-state index contributed by atoms with van der Waals surface area (Å²) in [4.78, 5) is 20.6. The van der Waals surface area contributed by atoms with E-state index >= 15 is 0 Å². The first kappa shape index (κ1) is 7.39. The minimum atomic E-state index is -1.71. The molecule has 1 aliphatic heterocycles. The Morgan fingerprint density at radius 1 is 1.73 bits per heavy atom. The molecule has 1 aliphatic rings. The number of carbonyl (C=O) groups excluding carboxylic acids is 2. The van der Waals surface area contributed by atoms with Gasteiger partial charge in [-0.25, -0.2) is 0 Å². The van der Waals surface area contributed by atoms with Crippen molar-refractivity contribution in [2.24, 2.45) is 16.0 Å². The number of ether oxygens (including phenoxy) is 1. The average Bonchev–Trinajstić information content (AvgIpc) is 2.38. The number of carbonyl (C=O) groups is 2. The first-order valence-corrected chi connectivity index (χ1v) is 2.72. The fourth-order valence-electron chi connectivity index (χ4n) is 0.612. The van der Waals surface area contributed by atoms with Crippen molar-refractivity contribution in [1.29, 1.82) is 0 Å². The third-order valence-corrected chi connectivity index (χ3v) is 1.15.